The van der Waals surface area contributed by atoms with Crippen molar-refractivity contribution in [3.63, 3.8) is 0 Å². The molecule has 0 bridgehead atoms. The summed E-state index contributed by atoms with van der Waals surface area (Å²) >= 11 is 0. The van der Waals surface area contributed by atoms with Gasteiger partial charge in [-0.05, 0) is 17.7 Å². The molecule has 2 heterocycles. The van der Waals surface area contributed by atoms with Crippen molar-refractivity contribution >= 4 is 15.9 Å². The summed E-state index contributed by atoms with van der Waals surface area (Å²) in [5, 5.41) is 8.89. The first kappa shape index (κ1) is 17.7. The standard InChI is InChI=1S/C17H22N4O3S/c1-19(2)17(22)21-8-7-20(15-11-25(23,24)12-16(15)21)10-14-5-3-13(9-18)4-6-14/h3-6,15-16H,7-8,10-12H2,1-2H3/t15-,16+/m1/s1. The van der Waals surface area contributed by atoms with Gasteiger partial charge in [-0.2, -0.15) is 5.26 Å². The van der Waals surface area contributed by atoms with Gasteiger partial charge in [0.15, 0.2) is 9.84 Å². The Morgan fingerprint density at radius 3 is 2.44 bits per heavy atom. The van der Waals surface area contributed by atoms with E-state index in [2.05, 4.69) is 11.0 Å². The van der Waals surface area contributed by atoms with E-state index in [1.807, 2.05) is 12.1 Å². The summed E-state index contributed by atoms with van der Waals surface area (Å²) in [7, 11) is 0.215. The van der Waals surface area contributed by atoms with E-state index in [0.29, 0.717) is 25.2 Å². The van der Waals surface area contributed by atoms with Crippen molar-refractivity contribution < 1.29 is 13.2 Å². The van der Waals surface area contributed by atoms with Crippen molar-refractivity contribution in [2.45, 2.75) is 18.6 Å². The van der Waals surface area contributed by atoms with E-state index in [4.69, 9.17) is 5.26 Å². The number of amides is 2. The summed E-state index contributed by atoms with van der Waals surface area (Å²) in [6.45, 7) is 1.77. The molecule has 0 spiro atoms. The highest BCUT2D eigenvalue weighted by Crippen LogP contribution is 2.28. The van der Waals surface area contributed by atoms with Gasteiger partial charge in [-0.3, -0.25) is 4.90 Å². The normalized spacial score (nSPS) is 25.2. The van der Waals surface area contributed by atoms with Crippen molar-refractivity contribution in [3.05, 3.63) is 35.4 Å². The van der Waals surface area contributed by atoms with Crippen LogP contribution in [0.1, 0.15) is 11.1 Å². The van der Waals surface area contributed by atoms with Gasteiger partial charge in [0.05, 0.1) is 29.2 Å². The minimum Gasteiger partial charge on any atom is -0.331 e. The number of benzene rings is 1. The Balaban J connectivity index is 1.80. The molecule has 2 aliphatic heterocycles. The van der Waals surface area contributed by atoms with Crippen LogP contribution in [0.2, 0.25) is 0 Å². The largest absolute Gasteiger partial charge is 0.331 e. The molecule has 0 N–H and O–H groups in total. The van der Waals surface area contributed by atoms with Gasteiger partial charge in [0.25, 0.3) is 0 Å². The van der Waals surface area contributed by atoms with Crippen LogP contribution in [0.4, 0.5) is 4.79 Å². The van der Waals surface area contributed by atoms with Gasteiger partial charge in [-0.1, -0.05) is 12.1 Å². The number of fused-ring (bicyclic) bond motifs is 1. The molecule has 0 aromatic heterocycles. The van der Waals surface area contributed by atoms with Crippen LogP contribution in [0.25, 0.3) is 0 Å². The molecule has 0 unspecified atom stereocenters. The van der Waals surface area contributed by atoms with E-state index in [1.54, 1.807) is 31.1 Å². The van der Waals surface area contributed by atoms with Crippen molar-refractivity contribution in [2.24, 2.45) is 0 Å². The molecule has 2 amide bonds. The van der Waals surface area contributed by atoms with Gasteiger partial charge in [0.2, 0.25) is 0 Å². The highest BCUT2D eigenvalue weighted by atomic mass is 32.2. The lowest BCUT2D eigenvalue weighted by atomic mass is 10.0. The number of sulfone groups is 1. The maximum absolute atomic E-state index is 12.4. The van der Waals surface area contributed by atoms with Crippen LogP contribution in [-0.2, 0) is 16.4 Å². The molecule has 2 atom stereocenters. The molecule has 2 aliphatic rings. The van der Waals surface area contributed by atoms with Crippen LogP contribution in [0.15, 0.2) is 24.3 Å². The van der Waals surface area contributed by atoms with Crippen LogP contribution in [0, 0.1) is 11.3 Å². The third-order valence-electron chi connectivity index (χ3n) is 4.89. The zero-order chi connectivity index (χ0) is 18.2. The molecule has 7 nitrogen and oxygen atoms in total. The van der Waals surface area contributed by atoms with Gasteiger partial charge in [-0.25, -0.2) is 13.2 Å². The Bertz CT molecular complexity index is 798. The van der Waals surface area contributed by atoms with Gasteiger partial charge < -0.3 is 9.80 Å². The zero-order valence-corrected chi connectivity index (χ0v) is 15.2. The predicted molar refractivity (Wildman–Crippen MR) is 93.6 cm³/mol. The van der Waals surface area contributed by atoms with E-state index in [1.165, 1.54) is 4.90 Å². The minimum absolute atomic E-state index is 0.0289. The number of nitriles is 1. The first-order chi connectivity index (χ1) is 11.8. The predicted octanol–water partition coefficient (Wildman–Crippen LogP) is 0.523. The molecule has 1 aromatic carbocycles. The molecule has 8 heteroatoms. The summed E-state index contributed by atoms with van der Waals surface area (Å²) in [5.74, 6) is 0.117. The Morgan fingerprint density at radius 2 is 1.84 bits per heavy atom. The molecule has 1 aromatic rings. The Hall–Kier alpha value is -2.11. The summed E-state index contributed by atoms with van der Waals surface area (Å²) in [5.41, 5.74) is 1.64. The van der Waals surface area contributed by atoms with Gasteiger partial charge >= 0.3 is 6.03 Å². The Labute approximate surface area is 148 Å². The summed E-state index contributed by atoms with van der Waals surface area (Å²) in [6, 6.07) is 8.81. The molecular weight excluding hydrogens is 340 g/mol. The van der Waals surface area contributed by atoms with Crippen LogP contribution < -0.4 is 0 Å². The molecule has 25 heavy (non-hydrogen) atoms. The number of carbonyl (C=O) groups excluding carboxylic acids is 1. The summed E-state index contributed by atoms with van der Waals surface area (Å²) < 4.78 is 24.4. The third-order valence-corrected chi connectivity index (χ3v) is 6.59. The Kier molecular flexibility index (Phi) is 4.71. The van der Waals surface area contributed by atoms with Gasteiger partial charge in [-0.15, -0.1) is 0 Å². The monoisotopic (exact) mass is 362 g/mol. The fraction of sp³-hybridized carbons (Fsp3) is 0.529. The van der Waals surface area contributed by atoms with Crippen molar-refractivity contribution in [1.82, 2.24) is 14.7 Å². The highest BCUT2D eigenvalue weighted by Gasteiger charge is 2.48. The molecule has 0 radical (unpaired) electrons. The smallest absolute Gasteiger partial charge is 0.319 e. The van der Waals surface area contributed by atoms with Crippen LogP contribution in [0.5, 0.6) is 0 Å². The number of hydrogen-bond donors (Lipinski definition) is 0. The SMILES string of the molecule is CN(C)C(=O)N1CCN(Cc2ccc(C#N)cc2)[C@@H]2CS(=O)(=O)C[C@@H]21. The quantitative estimate of drug-likeness (QED) is 0.766. The lowest BCUT2D eigenvalue weighted by Crippen LogP contribution is -2.61. The van der Waals surface area contributed by atoms with Crippen molar-refractivity contribution in [1.29, 1.82) is 5.26 Å². The van der Waals surface area contributed by atoms with Crippen LogP contribution in [0.3, 0.4) is 0 Å². The fourth-order valence-electron chi connectivity index (χ4n) is 3.63. The fourth-order valence-corrected chi connectivity index (χ4v) is 5.65. The number of carbonyl (C=O) groups is 1. The number of hydrogen-bond acceptors (Lipinski definition) is 5. The molecule has 3 rings (SSSR count). The van der Waals surface area contributed by atoms with E-state index >= 15 is 0 Å². The molecule has 0 saturated carbocycles. The molecular formula is C17H22N4O3S. The first-order valence-corrected chi connectivity index (χ1v) is 10.0. The summed E-state index contributed by atoms with van der Waals surface area (Å²) in [4.78, 5) is 17.7. The van der Waals surface area contributed by atoms with Crippen molar-refractivity contribution in [3.8, 4) is 6.07 Å². The first-order valence-electron chi connectivity index (χ1n) is 8.22. The maximum atomic E-state index is 12.4. The van der Waals surface area contributed by atoms with E-state index in [-0.39, 0.29) is 29.6 Å². The number of nitrogens with zero attached hydrogens (tertiary/aromatic N) is 4. The topological polar surface area (TPSA) is 84.7 Å². The van der Waals surface area contributed by atoms with Crippen LogP contribution >= 0.6 is 0 Å². The number of piperazine rings is 1. The lowest BCUT2D eigenvalue weighted by molar-refractivity contribution is 0.0521. The summed E-state index contributed by atoms with van der Waals surface area (Å²) in [6.07, 6.45) is 0. The third kappa shape index (κ3) is 3.62. The van der Waals surface area contributed by atoms with E-state index in [0.717, 1.165) is 5.56 Å². The second-order valence-electron chi connectivity index (χ2n) is 6.86. The van der Waals surface area contributed by atoms with Crippen molar-refractivity contribution in [2.75, 3.05) is 38.7 Å². The van der Waals surface area contributed by atoms with Gasteiger partial charge in [0, 0.05) is 39.8 Å². The molecule has 2 saturated heterocycles. The lowest BCUT2D eigenvalue weighted by Gasteiger charge is -2.44. The number of urea groups is 1. The highest BCUT2D eigenvalue weighted by molar-refractivity contribution is 7.91. The second-order valence-corrected chi connectivity index (χ2v) is 9.02. The Morgan fingerprint density at radius 1 is 1.20 bits per heavy atom. The minimum atomic E-state index is -3.15. The second kappa shape index (κ2) is 6.65. The number of rotatable bonds is 2. The average Bonchev–Trinajstić information content (AvgIpc) is 2.90. The molecule has 0 aliphatic carbocycles. The average molecular weight is 362 g/mol. The maximum Gasteiger partial charge on any atom is 0.319 e. The van der Waals surface area contributed by atoms with E-state index in [9.17, 15) is 13.2 Å². The van der Waals surface area contributed by atoms with Gasteiger partial charge in [0.1, 0.15) is 0 Å². The molecule has 2 fully saturated rings. The van der Waals surface area contributed by atoms with E-state index < -0.39 is 9.84 Å². The zero-order valence-electron chi connectivity index (χ0n) is 14.4. The van der Waals surface area contributed by atoms with Crippen LogP contribution in [-0.4, -0.2) is 79.9 Å². The molecule has 134 valence electrons.